The Labute approximate surface area is 250 Å². The maximum Gasteiger partial charge on any atom is 0.282 e. The molecule has 6 heteroatoms. The minimum atomic E-state index is -0.0380. The molecule has 2 fully saturated rings. The Hall–Kier alpha value is -4.42. The molecule has 1 atom stereocenters. The molecule has 2 amide bonds. The second-order valence-electron chi connectivity index (χ2n) is 10.9. The smallest absolute Gasteiger partial charge is 0.282 e. The van der Waals surface area contributed by atoms with Gasteiger partial charge in [0.25, 0.3) is 5.91 Å². The molecule has 1 aliphatic carbocycles. The van der Waals surface area contributed by atoms with Crippen molar-refractivity contribution in [2.45, 2.75) is 37.5 Å². The van der Waals surface area contributed by atoms with Gasteiger partial charge in [0.15, 0.2) is 0 Å². The fraction of sp³-hybridized carbons (Fsp3) is 0.194. The first-order chi connectivity index (χ1) is 20.7. The fourth-order valence-corrected chi connectivity index (χ4v) is 7.23. The zero-order valence-electron chi connectivity index (χ0n) is 23.3. The van der Waals surface area contributed by atoms with Crippen LogP contribution in [0.1, 0.15) is 48.6 Å². The van der Waals surface area contributed by atoms with Crippen LogP contribution < -0.4 is 9.80 Å². The monoisotopic (exact) mass is 569 g/mol. The van der Waals surface area contributed by atoms with Gasteiger partial charge in [0.2, 0.25) is 5.91 Å². The summed E-state index contributed by atoms with van der Waals surface area (Å²) in [6.07, 6.45) is 5.35. The summed E-state index contributed by atoms with van der Waals surface area (Å²) in [7, 11) is 0. The molecule has 0 spiro atoms. The number of thioether (sulfide) groups is 1. The van der Waals surface area contributed by atoms with Crippen molar-refractivity contribution in [1.82, 2.24) is 0 Å². The average molecular weight is 570 g/mol. The summed E-state index contributed by atoms with van der Waals surface area (Å²) in [6.45, 7) is 0. The molecular weight excluding hydrogens is 538 g/mol. The molecule has 42 heavy (non-hydrogen) atoms. The first kappa shape index (κ1) is 26.5. The van der Waals surface area contributed by atoms with E-state index in [1.807, 2.05) is 77.7 Å². The quantitative estimate of drug-likeness (QED) is 0.228. The third-order valence-corrected chi connectivity index (χ3v) is 9.43. The number of rotatable bonds is 5. The minimum absolute atomic E-state index is 0.0178. The Morgan fingerprint density at radius 1 is 0.643 bits per heavy atom. The summed E-state index contributed by atoms with van der Waals surface area (Å²) < 4.78 is 0. The summed E-state index contributed by atoms with van der Waals surface area (Å²) in [6, 6.07) is 36.4. The molecule has 1 unspecified atom stereocenters. The van der Waals surface area contributed by atoms with Crippen LogP contribution >= 0.6 is 11.8 Å². The number of nitrogens with zero attached hydrogens (tertiary/aromatic N) is 3. The molecule has 208 valence electrons. The molecule has 1 saturated carbocycles. The summed E-state index contributed by atoms with van der Waals surface area (Å²) in [5.74, 6) is 1.25. The zero-order chi connectivity index (χ0) is 28.5. The van der Waals surface area contributed by atoms with Crippen LogP contribution in [0, 0.1) is 0 Å². The zero-order valence-corrected chi connectivity index (χ0v) is 24.1. The third-order valence-electron chi connectivity index (χ3n) is 8.22. The lowest BCUT2D eigenvalue weighted by molar-refractivity contribution is -0.116. The van der Waals surface area contributed by atoms with Crippen LogP contribution in [0.4, 0.5) is 11.4 Å². The SMILES string of the molecule is O=C1C(=C2CCCCC2)N=C(c2ccccc2)N1c1ccc(-c2ccc(N3C(=O)CSC3c3ccccc3)cc2)cc1. The van der Waals surface area contributed by atoms with Crippen LogP contribution in [0.15, 0.2) is 125 Å². The second-order valence-corrected chi connectivity index (χ2v) is 12.0. The Bertz CT molecular complexity index is 1670. The van der Waals surface area contributed by atoms with Crippen molar-refractivity contribution in [2.24, 2.45) is 4.99 Å². The van der Waals surface area contributed by atoms with Gasteiger partial charge in [-0.25, -0.2) is 4.99 Å². The molecule has 7 rings (SSSR count). The summed E-state index contributed by atoms with van der Waals surface area (Å²) in [4.78, 5) is 35.2. The van der Waals surface area contributed by atoms with Crippen molar-refractivity contribution in [2.75, 3.05) is 15.6 Å². The van der Waals surface area contributed by atoms with Crippen LogP contribution in [0.2, 0.25) is 0 Å². The van der Waals surface area contributed by atoms with Gasteiger partial charge in [-0.1, -0.05) is 91.3 Å². The molecule has 0 radical (unpaired) electrons. The molecule has 3 aliphatic rings. The molecule has 4 aromatic rings. The van der Waals surface area contributed by atoms with Gasteiger partial charge < -0.3 is 0 Å². The molecule has 0 bridgehead atoms. The summed E-state index contributed by atoms with van der Waals surface area (Å²) in [5, 5.41) is -0.0178. The highest BCUT2D eigenvalue weighted by molar-refractivity contribution is 8.00. The normalized spacial score (nSPS) is 19.0. The second kappa shape index (κ2) is 11.5. The van der Waals surface area contributed by atoms with Gasteiger partial charge in [-0.2, -0.15) is 0 Å². The van der Waals surface area contributed by atoms with Crippen LogP contribution in [0.3, 0.4) is 0 Å². The number of anilines is 2. The van der Waals surface area contributed by atoms with Crippen LogP contribution in [0.5, 0.6) is 0 Å². The van der Waals surface area contributed by atoms with Gasteiger partial charge in [-0.15, -0.1) is 11.8 Å². The van der Waals surface area contributed by atoms with Crippen molar-refractivity contribution in [3.8, 4) is 11.1 Å². The fourth-order valence-electron chi connectivity index (χ4n) is 6.06. The molecule has 4 aromatic carbocycles. The van der Waals surface area contributed by atoms with E-state index < -0.39 is 0 Å². The highest BCUT2D eigenvalue weighted by Crippen LogP contribution is 2.42. The van der Waals surface area contributed by atoms with Crippen molar-refractivity contribution >= 4 is 40.8 Å². The van der Waals surface area contributed by atoms with Gasteiger partial charge in [0.05, 0.1) is 11.4 Å². The van der Waals surface area contributed by atoms with E-state index in [0.29, 0.717) is 17.3 Å². The average Bonchev–Trinajstić information content (AvgIpc) is 3.62. The minimum Gasteiger partial charge on any atom is -0.295 e. The molecule has 5 nitrogen and oxygen atoms in total. The van der Waals surface area contributed by atoms with Crippen molar-refractivity contribution < 1.29 is 9.59 Å². The largest absolute Gasteiger partial charge is 0.295 e. The van der Waals surface area contributed by atoms with Gasteiger partial charge in [-0.05, 0) is 72.2 Å². The number of hydrogen-bond donors (Lipinski definition) is 0. The lowest BCUT2D eigenvalue weighted by atomic mass is 9.93. The van der Waals surface area contributed by atoms with Crippen molar-refractivity contribution in [3.05, 3.63) is 132 Å². The standard InChI is InChI=1S/C36H31N3O2S/c40-32-24-42-36(29-14-8-3-9-15-29)38(32)30-20-16-25(17-21-30)26-18-22-31(23-19-26)39-34(28-12-6-2-7-13-28)37-33(35(39)41)27-10-4-1-5-11-27/h2-3,6-9,12-23,36H,1,4-5,10-11,24H2. The topological polar surface area (TPSA) is 53.0 Å². The lowest BCUT2D eigenvalue weighted by Crippen LogP contribution is -2.32. The number of benzene rings is 4. The predicted molar refractivity (Wildman–Crippen MR) is 172 cm³/mol. The molecular formula is C36H31N3O2S. The van der Waals surface area contributed by atoms with E-state index >= 15 is 0 Å². The van der Waals surface area contributed by atoms with E-state index in [0.717, 1.165) is 59.3 Å². The first-order valence-corrected chi connectivity index (χ1v) is 15.6. The summed E-state index contributed by atoms with van der Waals surface area (Å²) in [5.41, 5.74) is 7.66. The van der Waals surface area contributed by atoms with E-state index in [1.165, 1.54) is 12.0 Å². The highest BCUT2D eigenvalue weighted by Gasteiger charge is 2.35. The number of hydrogen-bond acceptors (Lipinski definition) is 4. The van der Waals surface area contributed by atoms with E-state index in [1.54, 1.807) is 16.7 Å². The molecule has 0 aromatic heterocycles. The Morgan fingerprint density at radius 3 is 1.88 bits per heavy atom. The van der Waals surface area contributed by atoms with Gasteiger partial charge in [0, 0.05) is 11.3 Å². The van der Waals surface area contributed by atoms with Gasteiger partial charge >= 0.3 is 0 Å². The summed E-state index contributed by atoms with van der Waals surface area (Å²) >= 11 is 1.66. The molecule has 0 N–H and O–H groups in total. The van der Waals surface area contributed by atoms with E-state index in [2.05, 4.69) is 36.4 Å². The highest BCUT2D eigenvalue weighted by atomic mass is 32.2. The van der Waals surface area contributed by atoms with E-state index in [9.17, 15) is 9.59 Å². The number of amidine groups is 1. The Balaban J connectivity index is 1.16. The van der Waals surface area contributed by atoms with Crippen LogP contribution in [-0.2, 0) is 9.59 Å². The van der Waals surface area contributed by atoms with Crippen molar-refractivity contribution in [1.29, 1.82) is 0 Å². The van der Waals surface area contributed by atoms with Crippen LogP contribution in [0.25, 0.3) is 11.1 Å². The van der Waals surface area contributed by atoms with Crippen LogP contribution in [-0.4, -0.2) is 23.4 Å². The predicted octanol–water partition coefficient (Wildman–Crippen LogP) is 8.14. The van der Waals surface area contributed by atoms with Gasteiger partial charge in [0.1, 0.15) is 16.9 Å². The maximum atomic E-state index is 13.8. The van der Waals surface area contributed by atoms with E-state index in [-0.39, 0.29) is 17.2 Å². The first-order valence-electron chi connectivity index (χ1n) is 14.6. The lowest BCUT2D eigenvalue weighted by Gasteiger charge is -2.24. The number of amides is 2. The molecule has 2 heterocycles. The third kappa shape index (κ3) is 4.96. The van der Waals surface area contributed by atoms with Gasteiger partial charge in [-0.3, -0.25) is 19.4 Å². The maximum absolute atomic E-state index is 13.8. The molecule has 2 aliphatic heterocycles. The number of carbonyl (C=O) groups excluding carboxylic acids is 2. The number of aliphatic imine (C=N–C) groups is 1. The van der Waals surface area contributed by atoms with Crippen molar-refractivity contribution in [3.63, 3.8) is 0 Å². The number of allylic oxidation sites excluding steroid dienone is 1. The number of carbonyl (C=O) groups is 2. The molecule has 1 saturated heterocycles. The Morgan fingerprint density at radius 2 is 1.24 bits per heavy atom. The Kier molecular flexibility index (Phi) is 7.22. The van der Waals surface area contributed by atoms with E-state index in [4.69, 9.17) is 4.99 Å².